The topological polar surface area (TPSA) is 102 Å². The van der Waals surface area contributed by atoms with Crippen LogP contribution in [-0.2, 0) is 15.8 Å². The highest BCUT2D eigenvalue weighted by atomic mass is 31.2. The summed E-state index contributed by atoms with van der Waals surface area (Å²) in [6, 6.07) is 0. The van der Waals surface area contributed by atoms with Gasteiger partial charge in [0.05, 0.1) is 12.9 Å². The number of fused-ring (bicyclic) bond motifs is 1. The molecule has 0 aliphatic heterocycles. The highest BCUT2D eigenvalue weighted by Crippen LogP contribution is 2.52. The van der Waals surface area contributed by atoms with Gasteiger partial charge in [0.25, 0.3) is 0 Å². The zero-order chi connectivity index (χ0) is 19.2. The fraction of sp³-hybridized carbons (Fsp3) is 0.688. The second kappa shape index (κ2) is 9.41. The lowest BCUT2D eigenvalue weighted by molar-refractivity contribution is 0.154. The standard InChI is InChI=1S/C16H30N7O2P/c1-5-22(6-2)26(24,23(7-3)8-4)13-25-10-9-21-12-20-14-15(17)18-11-19-16(14)21/h11-12H,5-10,13H2,1-4H3,(H2,17,18,19). The van der Waals surface area contributed by atoms with E-state index in [1.807, 2.05) is 41.6 Å². The van der Waals surface area contributed by atoms with Crippen LogP contribution in [0.25, 0.3) is 11.2 Å². The van der Waals surface area contributed by atoms with Gasteiger partial charge in [-0.05, 0) is 0 Å². The number of hydrogen-bond acceptors (Lipinski definition) is 6. The molecule has 26 heavy (non-hydrogen) atoms. The quantitative estimate of drug-likeness (QED) is 0.466. The Balaban J connectivity index is 2.03. The number of aromatic nitrogens is 4. The Hall–Kier alpha value is -1.54. The van der Waals surface area contributed by atoms with Crippen LogP contribution in [0.1, 0.15) is 27.7 Å². The smallest absolute Gasteiger partial charge is 0.241 e. The number of nitrogens with zero attached hydrogens (tertiary/aromatic N) is 6. The van der Waals surface area contributed by atoms with Crippen LogP contribution in [0.15, 0.2) is 12.7 Å². The number of anilines is 1. The lowest BCUT2D eigenvalue weighted by Crippen LogP contribution is -2.34. The second-order valence-corrected chi connectivity index (χ2v) is 8.57. The van der Waals surface area contributed by atoms with Gasteiger partial charge >= 0.3 is 0 Å². The zero-order valence-corrected chi connectivity index (χ0v) is 17.0. The molecule has 146 valence electrons. The third-order valence-corrected chi connectivity index (χ3v) is 7.93. The van der Waals surface area contributed by atoms with Gasteiger partial charge in [0.15, 0.2) is 11.5 Å². The molecule has 0 atom stereocenters. The molecule has 10 heteroatoms. The molecule has 2 N–H and O–H groups in total. The van der Waals surface area contributed by atoms with E-state index in [1.54, 1.807) is 6.33 Å². The van der Waals surface area contributed by atoms with Crippen LogP contribution in [0.4, 0.5) is 5.82 Å². The van der Waals surface area contributed by atoms with Gasteiger partial charge < -0.3 is 15.0 Å². The Morgan fingerprint density at radius 1 is 1.08 bits per heavy atom. The maximum absolute atomic E-state index is 13.6. The predicted molar refractivity (Wildman–Crippen MR) is 104 cm³/mol. The Kier molecular flexibility index (Phi) is 7.52. The van der Waals surface area contributed by atoms with Crippen LogP contribution < -0.4 is 5.73 Å². The lowest BCUT2D eigenvalue weighted by Gasteiger charge is -2.37. The number of ether oxygens (including phenoxy) is 1. The third-order valence-electron chi connectivity index (χ3n) is 4.51. The first kappa shape index (κ1) is 20.8. The minimum atomic E-state index is -2.73. The molecule has 2 aromatic heterocycles. The minimum Gasteiger partial charge on any atom is -0.382 e. The Morgan fingerprint density at radius 3 is 2.27 bits per heavy atom. The van der Waals surface area contributed by atoms with Crippen molar-refractivity contribution in [3.63, 3.8) is 0 Å². The number of hydrogen-bond donors (Lipinski definition) is 1. The van der Waals surface area contributed by atoms with Crippen molar-refractivity contribution in [3.8, 4) is 0 Å². The first-order valence-corrected chi connectivity index (χ1v) is 10.9. The minimum absolute atomic E-state index is 0.208. The van der Waals surface area contributed by atoms with Gasteiger partial charge in [0.1, 0.15) is 18.2 Å². The SMILES string of the molecule is CCN(CC)P(=O)(COCCn1cnc2c(N)ncnc21)N(CC)CC. The molecule has 2 rings (SSSR count). The molecule has 0 amide bonds. The molecule has 0 unspecified atom stereocenters. The summed E-state index contributed by atoms with van der Waals surface area (Å²) in [6.07, 6.45) is 3.30. The molecule has 9 nitrogen and oxygen atoms in total. The zero-order valence-electron chi connectivity index (χ0n) is 16.1. The molecular weight excluding hydrogens is 353 g/mol. The monoisotopic (exact) mass is 383 g/mol. The van der Waals surface area contributed by atoms with E-state index < -0.39 is 7.44 Å². The summed E-state index contributed by atoms with van der Waals surface area (Å²) in [5.74, 6) is 0.363. The molecular formula is C16H30N7O2P. The normalized spacial score (nSPS) is 12.5. The van der Waals surface area contributed by atoms with Crippen molar-refractivity contribution in [3.05, 3.63) is 12.7 Å². The molecule has 0 aliphatic rings. The van der Waals surface area contributed by atoms with E-state index in [9.17, 15) is 4.57 Å². The van der Waals surface area contributed by atoms with Gasteiger partial charge in [-0.3, -0.25) is 4.57 Å². The fourth-order valence-electron chi connectivity index (χ4n) is 3.08. The summed E-state index contributed by atoms with van der Waals surface area (Å²) in [6.45, 7) is 12.0. The van der Waals surface area contributed by atoms with Crippen LogP contribution in [-0.4, -0.2) is 68.0 Å². The van der Waals surface area contributed by atoms with Gasteiger partial charge in [0, 0.05) is 32.7 Å². The largest absolute Gasteiger partial charge is 0.382 e. The molecule has 0 spiro atoms. The Labute approximate surface area is 155 Å². The van der Waals surface area contributed by atoms with Crippen LogP contribution in [0.3, 0.4) is 0 Å². The summed E-state index contributed by atoms with van der Waals surface area (Å²) in [4.78, 5) is 12.4. The van der Waals surface area contributed by atoms with Crippen molar-refractivity contribution in [2.45, 2.75) is 34.2 Å². The first-order chi connectivity index (χ1) is 12.5. The molecule has 0 fully saturated rings. The number of nitrogens with two attached hydrogens (primary N) is 1. The van der Waals surface area contributed by atoms with Crippen molar-refractivity contribution < 1.29 is 9.30 Å². The molecule has 0 bridgehead atoms. The lowest BCUT2D eigenvalue weighted by atomic mass is 10.5. The number of imidazole rings is 1. The van der Waals surface area contributed by atoms with Crippen LogP contribution in [0, 0.1) is 0 Å². The van der Waals surface area contributed by atoms with E-state index in [0.717, 1.165) is 26.2 Å². The summed E-state index contributed by atoms with van der Waals surface area (Å²) < 4.78 is 25.4. The molecule has 2 aromatic rings. The Morgan fingerprint density at radius 2 is 1.69 bits per heavy atom. The highest BCUT2D eigenvalue weighted by Gasteiger charge is 2.34. The summed E-state index contributed by atoms with van der Waals surface area (Å²) >= 11 is 0. The van der Waals surface area contributed by atoms with Gasteiger partial charge in [-0.25, -0.2) is 24.3 Å². The third kappa shape index (κ3) is 4.23. The second-order valence-electron chi connectivity index (χ2n) is 5.85. The van der Waals surface area contributed by atoms with Crippen LogP contribution >= 0.6 is 7.44 Å². The van der Waals surface area contributed by atoms with Crippen LogP contribution in [0.2, 0.25) is 0 Å². The van der Waals surface area contributed by atoms with E-state index in [2.05, 4.69) is 15.0 Å². The summed E-state index contributed by atoms with van der Waals surface area (Å²) in [5, 5.41) is 0. The maximum Gasteiger partial charge on any atom is 0.241 e. The van der Waals surface area contributed by atoms with Crippen molar-refractivity contribution in [1.29, 1.82) is 0 Å². The van der Waals surface area contributed by atoms with E-state index in [0.29, 0.717) is 30.1 Å². The average Bonchev–Trinajstić information content (AvgIpc) is 3.05. The van der Waals surface area contributed by atoms with Crippen LogP contribution in [0.5, 0.6) is 0 Å². The summed E-state index contributed by atoms with van der Waals surface area (Å²) in [5.41, 5.74) is 7.07. The van der Waals surface area contributed by atoms with E-state index in [-0.39, 0.29) is 6.35 Å². The van der Waals surface area contributed by atoms with Crippen molar-refractivity contribution in [2.24, 2.45) is 0 Å². The van der Waals surface area contributed by atoms with Gasteiger partial charge in [-0.15, -0.1) is 0 Å². The van der Waals surface area contributed by atoms with Crippen molar-refractivity contribution >= 4 is 24.4 Å². The Bertz CT molecular complexity index is 727. The molecule has 0 aromatic carbocycles. The van der Waals surface area contributed by atoms with E-state index >= 15 is 0 Å². The number of rotatable bonds is 11. The number of nitrogen functional groups attached to an aromatic ring is 1. The first-order valence-electron chi connectivity index (χ1n) is 9.10. The molecule has 0 radical (unpaired) electrons. The fourth-order valence-corrected chi connectivity index (χ4v) is 5.90. The van der Waals surface area contributed by atoms with Crippen molar-refractivity contribution in [2.75, 3.05) is 44.9 Å². The van der Waals surface area contributed by atoms with E-state index in [4.69, 9.17) is 10.5 Å². The molecule has 0 aliphatic carbocycles. The van der Waals surface area contributed by atoms with E-state index in [1.165, 1.54) is 6.33 Å². The van der Waals surface area contributed by atoms with Gasteiger partial charge in [-0.1, -0.05) is 27.7 Å². The van der Waals surface area contributed by atoms with Crippen molar-refractivity contribution in [1.82, 2.24) is 28.9 Å². The maximum atomic E-state index is 13.6. The van der Waals surface area contributed by atoms with Gasteiger partial charge in [-0.2, -0.15) is 0 Å². The van der Waals surface area contributed by atoms with Gasteiger partial charge in [0.2, 0.25) is 7.44 Å². The highest BCUT2D eigenvalue weighted by molar-refractivity contribution is 7.58. The summed E-state index contributed by atoms with van der Waals surface area (Å²) in [7, 11) is -2.73. The molecule has 2 heterocycles. The predicted octanol–water partition coefficient (Wildman–Crippen LogP) is 2.26. The average molecular weight is 383 g/mol. The molecule has 0 saturated heterocycles. The molecule has 0 saturated carbocycles.